The Morgan fingerprint density at radius 2 is 2.43 bits per heavy atom. The van der Waals surface area contributed by atoms with Gasteiger partial charge in [-0.1, -0.05) is 0 Å². The highest BCUT2D eigenvalue weighted by Crippen LogP contribution is 2.41. The lowest BCUT2D eigenvalue weighted by Crippen LogP contribution is -2.15. The van der Waals surface area contributed by atoms with Crippen LogP contribution >= 0.6 is 11.3 Å². The van der Waals surface area contributed by atoms with Crippen molar-refractivity contribution < 1.29 is 5.11 Å². The van der Waals surface area contributed by atoms with Gasteiger partial charge >= 0.3 is 0 Å². The zero-order chi connectivity index (χ0) is 9.80. The molecule has 0 spiro atoms. The van der Waals surface area contributed by atoms with E-state index in [1.165, 1.54) is 17.8 Å². The fraction of sp³-hybridized carbons (Fsp3) is 0.700. The second-order valence-electron chi connectivity index (χ2n) is 3.71. The van der Waals surface area contributed by atoms with Gasteiger partial charge in [0.1, 0.15) is 0 Å². The van der Waals surface area contributed by atoms with Crippen LogP contribution in [0.15, 0.2) is 5.38 Å². The van der Waals surface area contributed by atoms with Crippen LogP contribution in [0.5, 0.6) is 0 Å². The molecular weight excluding hydrogens is 196 g/mol. The van der Waals surface area contributed by atoms with Gasteiger partial charge in [-0.15, -0.1) is 11.3 Å². The molecule has 14 heavy (non-hydrogen) atoms. The highest BCUT2D eigenvalue weighted by Gasteiger charge is 2.26. The van der Waals surface area contributed by atoms with E-state index in [1.54, 1.807) is 11.3 Å². The molecule has 0 atom stereocenters. The first-order chi connectivity index (χ1) is 6.90. The van der Waals surface area contributed by atoms with E-state index < -0.39 is 0 Å². The van der Waals surface area contributed by atoms with Crippen molar-refractivity contribution in [2.24, 2.45) is 0 Å². The smallest absolute Gasteiger partial charge is 0.0959 e. The Morgan fingerprint density at radius 1 is 1.57 bits per heavy atom. The number of nitrogens with one attached hydrogen (secondary N) is 1. The van der Waals surface area contributed by atoms with E-state index in [0.29, 0.717) is 0 Å². The summed E-state index contributed by atoms with van der Waals surface area (Å²) in [5.41, 5.74) is 1.15. The molecule has 1 aliphatic carbocycles. The zero-order valence-electron chi connectivity index (χ0n) is 8.20. The average Bonchev–Trinajstić information content (AvgIpc) is 2.94. The minimum atomic E-state index is 0.261. The van der Waals surface area contributed by atoms with E-state index in [0.717, 1.165) is 31.1 Å². The third-order valence-electron chi connectivity index (χ3n) is 2.31. The van der Waals surface area contributed by atoms with Gasteiger partial charge < -0.3 is 10.4 Å². The van der Waals surface area contributed by atoms with Gasteiger partial charge in [0.25, 0.3) is 0 Å². The lowest BCUT2D eigenvalue weighted by atomic mass is 10.4. The maximum Gasteiger partial charge on any atom is 0.0959 e. The van der Waals surface area contributed by atoms with E-state index in [1.807, 2.05) is 0 Å². The first-order valence-corrected chi connectivity index (χ1v) is 6.04. The fourth-order valence-corrected chi connectivity index (χ4v) is 2.33. The van der Waals surface area contributed by atoms with Crippen molar-refractivity contribution in [1.29, 1.82) is 0 Å². The van der Waals surface area contributed by atoms with Crippen LogP contribution < -0.4 is 5.32 Å². The Morgan fingerprint density at radius 3 is 3.14 bits per heavy atom. The van der Waals surface area contributed by atoms with Crippen molar-refractivity contribution in [2.45, 2.75) is 31.7 Å². The van der Waals surface area contributed by atoms with Crippen LogP contribution in [0.2, 0.25) is 0 Å². The third-order valence-corrected chi connectivity index (χ3v) is 3.37. The number of aliphatic hydroxyl groups excluding tert-OH is 1. The molecule has 78 valence electrons. The van der Waals surface area contributed by atoms with Gasteiger partial charge in [-0.05, 0) is 25.8 Å². The number of hydrogen-bond acceptors (Lipinski definition) is 4. The van der Waals surface area contributed by atoms with Gasteiger partial charge in [0, 0.05) is 24.4 Å². The monoisotopic (exact) mass is 212 g/mol. The summed E-state index contributed by atoms with van der Waals surface area (Å²) in [5, 5.41) is 15.3. The molecule has 0 amide bonds. The van der Waals surface area contributed by atoms with E-state index in [4.69, 9.17) is 5.11 Å². The summed E-state index contributed by atoms with van der Waals surface area (Å²) >= 11 is 1.78. The molecule has 1 aromatic heterocycles. The normalized spacial score (nSPS) is 16.1. The van der Waals surface area contributed by atoms with Gasteiger partial charge in [-0.2, -0.15) is 0 Å². The summed E-state index contributed by atoms with van der Waals surface area (Å²) in [6, 6.07) is 0. The van der Waals surface area contributed by atoms with Crippen LogP contribution in [-0.2, 0) is 6.54 Å². The summed E-state index contributed by atoms with van der Waals surface area (Å²) in [5.74, 6) is 0.770. The molecule has 2 N–H and O–H groups in total. The summed E-state index contributed by atoms with van der Waals surface area (Å²) in [7, 11) is 0. The molecule has 2 rings (SSSR count). The van der Waals surface area contributed by atoms with Crippen molar-refractivity contribution in [1.82, 2.24) is 10.3 Å². The first kappa shape index (κ1) is 10.1. The Labute approximate surface area is 88.2 Å². The summed E-state index contributed by atoms with van der Waals surface area (Å²) in [4.78, 5) is 4.56. The van der Waals surface area contributed by atoms with E-state index in [9.17, 15) is 0 Å². The standard InChI is InChI=1S/C10H16N2OS/c13-5-1-4-11-6-9-7-14-10(12-9)8-2-3-8/h7-8,11,13H,1-6H2. The maximum absolute atomic E-state index is 8.60. The number of aromatic nitrogens is 1. The summed E-state index contributed by atoms with van der Waals surface area (Å²) in [6.07, 6.45) is 3.47. The Kier molecular flexibility index (Phi) is 3.50. The van der Waals surface area contributed by atoms with E-state index in [-0.39, 0.29) is 6.61 Å². The predicted molar refractivity (Wildman–Crippen MR) is 57.5 cm³/mol. The van der Waals surface area contributed by atoms with Crippen LogP contribution in [-0.4, -0.2) is 23.2 Å². The van der Waals surface area contributed by atoms with E-state index in [2.05, 4.69) is 15.7 Å². The molecule has 1 aromatic rings. The molecule has 0 saturated heterocycles. The lowest BCUT2D eigenvalue weighted by molar-refractivity contribution is 0.286. The van der Waals surface area contributed by atoms with Crippen molar-refractivity contribution in [3.8, 4) is 0 Å². The summed E-state index contributed by atoms with van der Waals surface area (Å²) in [6.45, 7) is 1.97. The van der Waals surface area contributed by atoms with E-state index >= 15 is 0 Å². The van der Waals surface area contributed by atoms with Crippen LogP contribution in [0.25, 0.3) is 0 Å². The Hall–Kier alpha value is -0.450. The largest absolute Gasteiger partial charge is 0.396 e. The summed E-state index contributed by atoms with van der Waals surface area (Å²) < 4.78 is 0. The Bertz CT molecular complexity index is 283. The average molecular weight is 212 g/mol. The van der Waals surface area contributed by atoms with Crippen LogP contribution in [0, 0.1) is 0 Å². The second kappa shape index (κ2) is 4.87. The molecule has 0 aliphatic heterocycles. The lowest BCUT2D eigenvalue weighted by Gasteiger charge is -1.99. The van der Waals surface area contributed by atoms with Gasteiger partial charge in [-0.25, -0.2) is 4.98 Å². The molecule has 1 aliphatic rings. The number of rotatable bonds is 6. The second-order valence-corrected chi connectivity index (χ2v) is 4.59. The van der Waals surface area contributed by atoms with Crippen molar-refractivity contribution in [3.63, 3.8) is 0 Å². The highest BCUT2D eigenvalue weighted by atomic mass is 32.1. The highest BCUT2D eigenvalue weighted by molar-refractivity contribution is 7.09. The molecule has 0 unspecified atom stereocenters. The predicted octanol–water partition coefficient (Wildman–Crippen LogP) is 1.49. The van der Waals surface area contributed by atoms with Crippen LogP contribution in [0.3, 0.4) is 0 Å². The van der Waals surface area contributed by atoms with Gasteiger partial charge in [0.05, 0.1) is 10.7 Å². The maximum atomic E-state index is 8.60. The molecule has 0 bridgehead atoms. The molecule has 0 radical (unpaired) electrons. The first-order valence-electron chi connectivity index (χ1n) is 5.16. The van der Waals surface area contributed by atoms with Gasteiger partial charge in [0.2, 0.25) is 0 Å². The minimum absolute atomic E-state index is 0.261. The van der Waals surface area contributed by atoms with Crippen molar-refractivity contribution in [3.05, 3.63) is 16.1 Å². The Balaban J connectivity index is 1.72. The SMILES string of the molecule is OCCCNCc1csc(C2CC2)n1. The van der Waals surface area contributed by atoms with Crippen LogP contribution in [0.4, 0.5) is 0 Å². The molecule has 1 heterocycles. The number of hydrogen-bond donors (Lipinski definition) is 2. The zero-order valence-corrected chi connectivity index (χ0v) is 9.02. The molecule has 0 aromatic carbocycles. The quantitative estimate of drug-likeness (QED) is 0.702. The van der Waals surface area contributed by atoms with Crippen molar-refractivity contribution >= 4 is 11.3 Å². The van der Waals surface area contributed by atoms with Crippen molar-refractivity contribution in [2.75, 3.05) is 13.2 Å². The number of nitrogens with zero attached hydrogens (tertiary/aromatic N) is 1. The third kappa shape index (κ3) is 2.77. The molecule has 4 heteroatoms. The topological polar surface area (TPSA) is 45.1 Å². The minimum Gasteiger partial charge on any atom is -0.396 e. The number of thiazole rings is 1. The molecule has 3 nitrogen and oxygen atoms in total. The van der Waals surface area contributed by atoms with Gasteiger partial charge in [-0.3, -0.25) is 0 Å². The van der Waals surface area contributed by atoms with Gasteiger partial charge in [0.15, 0.2) is 0 Å². The van der Waals surface area contributed by atoms with Crippen LogP contribution in [0.1, 0.15) is 35.9 Å². The molecular formula is C10H16N2OS. The molecule has 1 saturated carbocycles. The fourth-order valence-electron chi connectivity index (χ4n) is 1.34. The number of aliphatic hydroxyl groups is 1. The molecule has 1 fully saturated rings.